The highest BCUT2D eigenvalue weighted by Gasteiger charge is 2.31. The van der Waals surface area contributed by atoms with Crippen LogP contribution in [0.15, 0.2) is 24.3 Å². The zero-order chi connectivity index (χ0) is 13.1. The molecular weight excluding hydrogens is 226 g/mol. The first kappa shape index (κ1) is 13.2. The Bertz CT molecular complexity index is 413. The summed E-state index contributed by atoms with van der Waals surface area (Å²) in [7, 11) is 0. The van der Waals surface area contributed by atoms with Crippen LogP contribution in [0.1, 0.15) is 35.7 Å². The van der Waals surface area contributed by atoms with Crippen LogP contribution in [0, 0.1) is 6.92 Å². The summed E-state index contributed by atoms with van der Waals surface area (Å²) in [6.07, 6.45) is 2.05. The van der Waals surface area contributed by atoms with Crippen molar-refractivity contribution in [1.29, 1.82) is 0 Å². The van der Waals surface area contributed by atoms with Crippen molar-refractivity contribution >= 4 is 5.78 Å². The van der Waals surface area contributed by atoms with E-state index in [2.05, 4.69) is 4.90 Å². The molecule has 1 aromatic rings. The molecule has 1 fully saturated rings. The van der Waals surface area contributed by atoms with Crippen molar-refractivity contribution in [2.24, 2.45) is 0 Å². The number of carbonyl (C=O) groups is 1. The molecule has 0 radical (unpaired) electrons. The van der Waals surface area contributed by atoms with Gasteiger partial charge in [-0.1, -0.05) is 29.8 Å². The van der Waals surface area contributed by atoms with Gasteiger partial charge >= 0.3 is 0 Å². The number of rotatable bonds is 4. The molecular formula is C15H21NO2. The minimum atomic E-state index is -0.146. The molecule has 0 aromatic heterocycles. The van der Waals surface area contributed by atoms with Gasteiger partial charge in [-0.2, -0.15) is 0 Å². The number of aryl methyl sites for hydroxylation is 1. The van der Waals surface area contributed by atoms with Gasteiger partial charge in [0.05, 0.1) is 12.6 Å². The molecule has 0 amide bonds. The summed E-state index contributed by atoms with van der Waals surface area (Å²) in [6, 6.07) is 7.71. The average Bonchev–Trinajstić information content (AvgIpc) is 2.86. The first-order valence-corrected chi connectivity index (χ1v) is 6.61. The van der Waals surface area contributed by atoms with Crippen molar-refractivity contribution < 1.29 is 9.90 Å². The molecule has 1 aromatic carbocycles. The molecule has 0 bridgehead atoms. The number of likely N-dealkylation sites (tertiary alicyclic amines) is 1. The predicted molar refractivity (Wildman–Crippen MR) is 71.8 cm³/mol. The highest BCUT2D eigenvalue weighted by molar-refractivity contribution is 5.99. The number of aliphatic hydroxyl groups excluding tert-OH is 1. The summed E-state index contributed by atoms with van der Waals surface area (Å²) in [5.74, 6) is 0.148. The van der Waals surface area contributed by atoms with Gasteiger partial charge in [-0.05, 0) is 33.2 Å². The Morgan fingerprint density at radius 1 is 1.44 bits per heavy atom. The Balaban J connectivity index is 2.11. The molecule has 1 N–H and O–H groups in total. The Kier molecular flexibility index (Phi) is 4.15. The SMILES string of the molecule is Cc1ccc(C(=O)C(C)N2CCCC2CO)cc1. The van der Waals surface area contributed by atoms with Gasteiger partial charge in [-0.25, -0.2) is 0 Å². The molecule has 2 rings (SSSR count). The van der Waals surface area contributed by atoms with Gasteiger partial charge in [-0.3, -0.25) is 9.69 Å². The zero-order valence-corrected chi connectivity index (χ0v) is 11.1. The molecule has 0 saturated carbocycles. The molecule has 0 spiro atoms. The van der Waals surface area contributed by atoms with Crippen LogP contribution >= 0.6 is 0 Å². The number of Topliss-reactive ketones (excluding diaryl/α,β-unsaturated/α-hetero) is 1. The van der Waals surface area contributed by atoms with E-state index in [0.717, 1.165) is 30.5 Å². The van der Waals surface area contributed by atoms with Crippen molar-refractivity contribution in [3.8, 4) is 0 Å². The van der Waals surface area contributed by atoms with Crippen LogP contribution < -0.4 is 0 Å². The first-order valence-electron chi connectivity index (χ1n) is 6.61. The molecule has 18 heavy (non-hydrogen) atoms. The molecule has 3 heteroatoms. The number of aliphatic hydroxyl groups is 1. The third-order valence-corrected chi connectivity index (χ3v) is 3.85. The second-order valence-corrected chi connectivity index (χ2v) is 5.12. The minimum Gasteiger partial charge on any atom is -0.395 e. The van der Waals surface area contributed by atoms with Crippen LogP contribution in [0.4, 0.5) is 0 Å². The highest BCUT2D eigenvalue weighted by Crippen LogP contribution is 2.21. The van der Waals surface area contributed by atoms with Gasteiger partial charge in [0.25, 0.3) is 0 Å². The summed E-state index contributed by atoms with van der Waals surface area (Å²) in [6.45, 7) is 5.01. The topological polar surface area (TPSA) is 40.5 Å². The summed E-state index contributed by atoms with van der Waals surface area (Å²) in [5, 5.41) is 9.32. The fourth-order valence-electron chi connectivity index (χ4n) is 2.67. The third kappa shape index (κ3) is 2.62. The van der Waals surface area contributed by atoms with Gasteiger partial charge in [-0.15, -0.1) is 0 Å². The number of carbonyl (C=O) groups excluding carboxylic acids is 1. The van der Waals surface area contributed by atoms with Crippen LogP contribution in [0.5, 0.6) is 0 Å². The fourth-order valence-corrected chi connectivity index (χ4v) is 2.67. The number of ketones is 1. The first-order chi connectivity index (χ1) is 8.63. The van der Waals surface area contributed by atoms with Gasteiger partial charge in [0, 0.05) is 11.6 Å². The lowest BCUT2D eigenvalue weighted by atomic mass is 10.0. The lowest BCUT2D eigenvalue weighted by Gasteiger charge is -2.28. The maximum Gasteiger partial charge on any atom is 0.179 e. The number of hydrogen-bond acceptors (Lipinski definition) is 3. The van der Waals surface area contributed by atoms with Crippen LogP contribution in [-0.4, -0.2) is 41.0 Å². The van der Waals surface area contributed by atoms with E-state index in [9.17, 15) is 9.90 Å². The molecule has 1 saturated heterocycles. The summed E-state index contributed by atoms with van der Waals surface area (Å²) in [4.78, 5) is 14.5. The van der Waals surface area contributed by atoms with Gasteiger partial charge < -0.3 is 5.11 Å². The van der Waals surface area contributed by atoms with E-state index < -0.39 is 0 Å². The smallest absolute Gasteiger partial charge is 0.179 e. The minimum absolute atomic E-state index is 0.144. The van der Waals surface area contributed by atoms with Gasteiger partial charge in [0.15, 0.2) is 5.78 Å². The summed E-state index contributed by atoms with van der Waals surface area (Å²) in [5.41, 5.74) is 1.92. The Labute approximate surface area is 108 Å². The lowest BCUT2D eigenvalue weighted by Crippen LogP contribution is -2.43. The third-order valence-electron chi connectivity index (χ3n) is 3.85. The van der Waals surface area contributed by atoms with Gasteiger partial charge in [0.1, 0.15) is 0 Å². The Hall–Kier alpha value is -1.19. The molecule has 2 atom stereocenters. The van der Waals surface area contributed by atoms with Crippen molar-refractivity contribution in [3.63, 3.8) is 0 Å². The second-order valence-electron chi connectivity index (χ2n) is 5.12. The quantitative estimate of drug-likeness (QED) is 0.828. The van der Waals surface area contributed by atoms with Crippen molar-refractivity contribution in [3.05, 3.63) is 35.4 Å². The molecule has 1 aliphatic rings. The van der Waals surface area contributed by atoms with E-state index in [1.807, 2.05) is 38.1 Å². The largest absolute Gasteiger partial charge is 0.395 e. The molecule has 0 aliphatic carbocycles. The number of benzene rings is 1. The van der Waals surface area contributed by atoms with E-state index in [4.69, 9.17) is 0 Å². The van der Waals surface area contributed by atoms with E-state index in [1.54, 1.807) is 0 Å². The van der Waals surface area contributed by atoms with Crippen LogP contribution in [0.2, 0.25) is 0 Å². The molecule has 1 heterocycles. The van der Waals surface area contributed by atoms with E-state index in [1.165, 1.54) is 0 Å². The van der Waals surface area contributed by atoms with E-state index in [-0.39, 0.29) is 24.5 Å². The molecule has 1 aliphatic heterocycles. The number of nitrogens with zero attached hydrogens (tertiary/aromatic N) is 1. The lowest BCUT2D eigenvalue weighted by molar-refractivity contribution is 0.0758. The maximum absolute atomic E-state index is 12.4. The van der Waals surface area contributed by atoms with E-state index in [0.29, 0.717) is 0 Å². The van der Waals surface area contributed by atoms with Crippen molar-refractivity contribution in [2.75, 3.05) is 13.2 Å². The monoisotopic (exact) mass is 247 g/mol. The Morgan fingerprint density at radius 2 is 2.11 bits per heavy atom. The predicted octanol–water partition coefficient (Wildman–Crippen LogP) is 2.02. The van der Waals surface area contributed by atoms with Crippen LogP contribution in [0.3, 0.4) is 0 Å². The second kappa shape index (κ2) is 5.63. The fraction of sp³-hybridized carbons (Fsp3) is 0.533. The van der Waals surface area contributed by atoms with Gasteiger partial charge in [0.2, 0.25) is 0 Å². The maximum atomic E-state index is 12.4. The zero-order valence-electron chi connectivity index (χ0n) is 11.1. The Morgan fingerprint density at radius 3 is 2.72 bits per heavy atom. The summed E-state index contributed by atoms with van der Waals surface area (Å²) >= 11 is 0. The molecule has 2 unspecified atom stereocenters. The normalized spacial score (nSPS) is 22.1. The van der Waals surface area contributed by atoms with E-state index >= 15 is 0 Å². The average molecular weight is 247 g/mol. The number of hydrogen-bond donors (Lipinski definition) is 1. The molecule has 98 valence electrons. The molecule has 3 nitrogen and oxygen atoms in total. The summed E-state index contributed by atoms with van der Waals surface area (Å²) < 4.78 is 0. The highest BCUT2D eigenvalue weighted by atomic mass is 16.3. The van der Waals surface area contributed by atoms with Crippen molar-refractivity contribution in [2.45, 2.75) is 38.8 Å². The standard InChI is InChI=1S/C15H21NO2/c1-11-5-7-13(8-6-11)15(18)12(2)16-9-3-4-14(16)10-17/h5-8,12,14,17H,3-4,9-10H2,1-2H3. The van der Waals surface area contributed by atoms with Crippen LogP contribution in [0.25, 0.3) is 0 Å². The van der Waals surface area contributed by atoms with Crippen LogP contribution in [-0.2, 0) is 0 Å². The van der Waals surface area contributed by atoms with Crippen molar-refractivity contribution in [1.82, 2.24) is 4.90 Å².